The SMILES string of the molecule is CCOC(=O)N1CCC(Nc2cc(Nc3cccc(C#N)c3)ncn2)CC1. The van der Waals surface area contributed by atoms with Crippen LogP contribution in [0.25, 0.3) is 0 Å². The van der Waals surface area contributed by atoms with Crippen LogP contribution in [-0.2, 0) is 4.74 Å². The van der Waals surface area contributed by atoms with E-state index in [4.69, 9.17) is 10.00 Å². The van der Waals surface area contributed by atoms with Crippen LogP contribution in [0.2, 0.25) is 0 Å². The zero-order chi connectivity index (χ0) is 19.1. The largest absolute Gasteiger partial charge is 0.450 e. The van der Waals surface area contributed by atoms with Crippen molar-refractivity contribution in [1.82, 2.24) is 14.9 Å². The molecule has 1 aliphatic rings. The molecule has 2 heterocycles. The Morgan fingerprint density at radius 1 is 1.30 bits per heavy atom. The number of piperidine rings is 1. The molecule has 27 heavy (non-hydrogen) atoms. The first-order chi connectivity index (χ1) is 13.2. The van der Waals surface area contributed by atoms with E-state index in [1.54, 1.807) is 17.0 Å². The van der Waals surface area contributed by atoms with Crippen LogP contribution in [0, 0.1) is 11.3 Å². The molecule has 140 valence electrons. The van der Waals surface area contributed by atoms with Crippen molar-refractivity contribution < 1.29 is 9.53 Å². The summed E-state index contributed by atoms with van der Waals surface area (Å²) in [5.74, 6) is 1.37. The van der Waals surface area contributed by atoms with Crippen LogP contribution in [0.1, 0.15) is 25.3 Å². The Kier molecular flexibility index (Phi) is 6.05. The number of likely N-dealkylation sites (tertiary alicyclic amines) is 1. The van der Waals surface area contributed by atoms with Crippen LogP contribution in [0.15, 0.2) is 36.7 Å². The zero-order valence-electron chi connectivity index (χ0n) is 15.2. The Labute approximate surface area is 158 Å². The van der Waals surface area contributed by atoms with Gasteiger partial charge in [0.1, 0.15) is 18.0 Å². The molecule has 0 bridgehead atoms. The average Bonchev–Trinajstić information content (AvgIpc) is 2.69. The molecule has 0 atom stereocenters. The summed E-state index contributed by atoms with van der Waals surface area (Å²) in [5, 5.41) is 15.6. The Bertz CT molecular complexity index is 827. The smallest absolute Gasteiger partial charge is 0.409 e. The lowest BCUT2D eigenvalue weighted by atomic mass is 10.1. The maximum Gasteiger partial charge on any atom is 0.409 e. The molecule has 1 aromatic carbocycles. The molecule has 2 aromatic rings. The van der Waals surface area contributed by atoms with Crippen LogP contribution < -0.4 is 10.6 Å². The van der Waals surface area contributed by atoms with Gasteiger partial charge in [0.2, 0.25) is 0 Å². The molecular weight excluding hydrogens is 344 g/mol. The molecule has 3 rings (SSSR count). The third kappa shape index (κ3) is 5.07. The molecule has 1 aliphatic heterocycles. The Morgan fingerprint density at radius 3 is 2.81 bits per heavy atom. The summed E-state index contributed by atoms with van der Waals surface area (Å²) in [5.41, 5.74) is 1.38. The van der Waals surface area contributed by atoms with Crippen molar-refractivity contribution in [2.75, 3.05) is 30.3 Å². The number of aromatic nitrogens is 2. The van der Waals surface area contributed by atoms with Gasteiger partial charge in [-0.1, -0.05) is 6.07 Å². The zero-order valence-corrected chi connectivity index (χ0v) is 15.2. The summed E-state index contributed by atoms with van der Waals surface area (Å²) in [6, 6.07) is 11.4. The number of ether oxygens (including phenoxy) is 1. The normalized spacial score (nSPS) is 14.3. The monoisotopic (exact) mass is 366 g/mol. The first-order valence-corrected chi connectivity index (χ1v) is 8.95. The molecule has 1 amide bonds. The van der Waals surface area contributed by atoms with Crippen molar-refractivity contribution in [1.29, 1.82) is 5.26 Å². The van der Waals surface area contributed by atoms with Gasteiger partial charge in [-0.15, -0.1) is 0 Å². The molecule has 0 radical (unpaired) electrons. The molecule has 1 saturated heterocycles. The number of hydrogen-bond donors (Lipinski definition) is 2. The van der Waals surface area contributed by atoms with Crippen LogP contribution in [0.5, 0.6) is 0 Å². The fourth-order valence-electron chi connectivity index (χ4n) is 2.95. The number of carbonyl (C=O) groups is 1. The highest BCUT2D eigenvalue weighted by molar-refractivity contribution is 5.67. The summed E-state index contributed by atoms with van der Waals surface area (Å²) < 4.78 is 5.04. The van der Waals surface area contributed by atoms with Crippen LogP contribution in [0.4, 0.5) is 22.1 Å². The minimum absolute atomic E-state index is 0.236. The van der Waals surface area contributed by atoms with Gasteiger partial charge in [-0.3, -0.25) is 0 Å². The minimum Gasteiger partial charge on any atom is -0.450 e. The molecule has 1 aromatic heterocycles. The number of benzene rings is 1. The van der Waals surface area contributed by atoms with Gasteiger partial charge in [0, 0.05) is 30.9 Å². The number of nitrogens with zero attached hydrogens (tertiary/aromatic N) is 4. The summed E-state index contributed by atoms with van der Waals surface area (Å²) in [6.07, 6.45) is 2.90. The lowest BCUT2D eigenvalue weighted by Crippen LogP contribution is -2.42. The van der Waals surface area contributed by atoms with E-state index in [1.807, 2.05) is 25.1 Å². The molecule has 0 spiro atoms. The van der Waals surface area contributed by atoms with Gasteiger partial charge < -0.3 is 20.3 Å². The van der Waals surface area contributed by atoms with Gasteiger partial charge in [0.05, 0.1) is 18.2 Å². The maximum absolute atomic E-state index is 11.8. The molecule has 8 nitrogen and oxygen atoms in total. The maximum atomic E-state index is 11.8. The number of nitrogens with one attached hydrogen (secondary N) is 2. The highest BCUT2D eigenvalue weighted by Gasteiger charge is 2.23. The standard InChI is InChI=1S/C19H22N6O2/c1-2-27-19(26)25-8-6-15(7-9-25)23-17-11-18(22-13-21-17)24-16-5-3-4-14(10-16)12-20/h3-5,10-11,13,15H,2,6-9H2,1H3,(H2,21,22,23,24). The lowest BCUT2D eigenvalue weighted by molar-refractivity contribution is 0.0983. The number of amides is 1. The Morgan fingerprint density at radius 2 is 2.07 bits per heavy atom. The van der Waals surface area contributed by atoms with Crippen molar-refractivity contribution in [3.05, 3.63) is 42.2 Å². The van der Waals surface area contributed by atoms with Gasteiger partial charge in [0.25, 0.3) is 0 Å². The second-order valence-corrected chi connectivity index (χ2v) is 6.21. The number of hydrogen-bond acceptors (Lipinski definition) is 7. The van der Waals surface area contributed by atoms with Crippen molar-refractivity contribution >= 4 is 23.4 Å². The van der Waals surface area contributed by atoms with Crippen LogP contribution in [0.3, 0.4) is 0 Å². The van der Waals surface area contributed by atoms with E-state index in [9.17, 15) is 4.79 Å². The van der Waals surface area contributed by atoms with Gasteiger partial charge >= 0.3 is 6.09 Å². The predicted octanol–water partition coefficient (Wildman–Crippen LogP) is 3.12. The van der Waals surface area contributed by atoms with Crippen LogP contribution in [-0.4, -0.2) is 46.7 Å². The second kappa shape index (κ2) is 8.85. The molecular formula is C19H22N6O2. The molecule has 8 heteroatoms. The average molecular weight is 366 g/mol. The lowest BCUT2D eigenvalue weighted by Gasteiger charge is -2.31. The van der Waals surface area contributed by atoms with Crippen LogP contribution >= 0.6 is 0 Å². The van der Waals surface area contributed by atoms with Gasteiger partial charge in [-0.2, -0.15) is 5.26 Å². The highest BCUT2D eigenvalue weighted by Crippen LogP contribution is 2.20. The first-order valence-electron chi connectivity index (χ1n) is 8.95. The van der Waals surface area contributed by atoms with Gasteiger partial charge in [0.15, 0.2) is 0 Å². The molecule has 0 aliphatic carbocycles. The summed E-state index contributed by atoms with van der Waals surface area (Å²) >= 11 is 0. The fourth-order valence-corrected chi connectivity index (χ4v) is 2.95. The van der Waals surface area contributed by atoms with Crippen molar-refractivity contribution in [2.24, 2.45) is 0 Å². The van der Waals surface area contributed by atoms with E-state index in [-0.39, 0.29) is 12.1 Å². The van der Waals surface area contributed by atoms with Crippen molar-refractivity contribution in [3.63, 3.8) is 0 Å². The third-order valence-corrected chi connectivity index (χ3v) is 4.30. The number of carbonyl (C=O) groups excluding carboxylic acids is 1. The number of nitriles is 1. The van der Waals surface area contributed by atoms with E-state index in [0.29, 0.717) is 31.1 Å². The quantitative estimate of drug-likeness (QED) is 0.838. The second-order valence-electron chi connectivity index (χ2n) is 6.21. The molecule has 0 saturated carbocycles. The molecule has 2 N–H and O–H groups in total. The van der Waals surface area contributed by atoms with E-state index >= 15 is 0 Å². The summed E-state index contributed by atoms with van der Waals surface area (Å²) in [7, 11) is 0. The van der Waals surface area contributed by atoms with Crippen molar-refractivity contribution in [2.45, 2.75) is 25.8 Å². The van der Waals surface area contributed by atoms with Crippen molar-refractivity contribution in [3.8, 4) is 6.07 Å². The summed E-state index contributed by atoms with van der Waals surface area (Å²) in [4.78, 5) is 22.0. The minimum atomic E-state index is -0.246. The van der Waals surface area contributed by atoms with E-state index < -0.39 is 0 Å². The number of anilines is 3. The molecule has 0 unspecified atom stereocenters. The van der Waals surface area contributed by atoms with Gasteiger partial charge in [-0.05, 0) is 38.0 Å². The van der Waals surface area contributed by atoms with Gasteiger partial charge in [-0.25, -0.2) is 14.8 Å². The highest BCUT2D eigenvalue weighted by atomic mass is 16.6. The third-order valence-electron chi connectivity index (χ3n) is 4.30. The Balaban J connectivity index is 1.57. The summed E-state index contributed by atoms with van der Waals surface area (Å²) in [6.45, 7) is 3.52. The van der Waals surface area contributed by atoms with E-state index in [0.717, 1.165) is 24.3 Å². The Hall–Kier alpha value is -3.34. The van der Waals surface area contributed by atoms with E-state index in [2.05, 4.69) is 26.7 Å². The fraction of sp³-hybridized carbons (Fsp3) is 0.368. The van der Waals surface area contributed by atoms with E-state index in [1.165, 1.54) is 6.33 Å². The predicted molar refractivity (Wildman–Crippen MR) is 102 cm³/mol. The first kappa shape index (κ1) is 18.5. The topological polar surface area (TPSA) is 103 Å². The number of rotatable bonds is 5. The molecule has 1 fully saturated rings.